The van der Waals surface area contributed by atoms with Crippen LogP contribution in [0.1, 0.15) is 6.42 Å². The number of benzene rings is 1. The van der Waals surface area contributed by atoms with Gasteiger partial charge in [-0.05, 0) is 36.5 Å². The Kier molecular flexibility index (Phi) is 2.37. The van der Waals surface area contributed by atoms with Crippen molar-refractivity contribution in [2.45, 2.75) is 6.42 Å². The van der Waals surface area contributed by atoms with Gasteiger partial charge in [0.1, 0.15) is 5.82 Å². The summed E-state index contributed by atoms with van der Waals surface area (Å²) in [5.74, 6) is -1.26. The van der Waals surface area contributed by atoms with E-state index in [1.54, 1.807) is 0 Å². The van der Waals surface area contributed by atoms with E-state index in [1.165, 1.54) is 12.1 Å². The van der Waals surface area contributed by atoms with Gasteiger partial charge < -0.3 is 0 Å². The number of rotatable bonds is 1. The van der Waals surface area contributed by atoms with E-state index in [2.05, 4.69) is 0 Å². The SMILES string of the molecule is O=C1[C@@H]2[C@H](C(=O)N1c1ccc(Cl)c(F)c1)[C@H]1C=C[C@@H]2C1. The minimum atomic E-state index is -0.622. The lowest BCUT2D eigenvalue weighted by molar-refractivity contribution is -0.123. The first-order chi connectivity index (χ1) is 9.58. The van der Waals surface area contributed by atoms with E-state index in [0.29, 0.717) is 0 Å². The Bertz CT molecular complexity index is 642. The van der Waals surface area contributed by atoms with E-state index in [1.807, 2.05) is 12.2 Å². The van der Waals surface area contributed by atoms with Crippen LogP contribution in [0.5, 0.6) is 0 Å². The Morgan fingerprint density at radius 1 is 1.10 bits per heavy atom. The normalized spacial score (nSPS) is 34.2. The number of halogens is 2. The maximum absolute atomic E-state index is 13.5. The van der Waals surface area contributed by atoms with Gasteiger partial charge in [0.2, 0.25) is 11.8 Å². The lowest BCUT2D eigenvalue weighted by Gasteiger charge is -2.17. The average molecular weight is 292 g/mol. The van der Waals surface area contributed by atoms with Gasteiger partial charge in [0.15, 0.2) is 0 Å². The van der Waals surface area contributed by atoms with Gasteiger partial charge in [0.05, 0.1) is 22.5 Å². The summed E-state index contributed by atoms with van der Waals surface area (Å²) in [6.45, 7) is 0. The summed E-state index contributed by atoms with van der Waals surface area (Å²) in [6.07, 6.45) is 4.95. The molecule has 1 saturated heterocycles. The number of allylic oxidation sites excluding steroid dienone is 2. The summed E-state index contributed by atoms with van der Waals surface area (Å²) in [4.78, 5) is 26.1. The summed E-state index contributed by atoms with van der Waals surface area (Å²) in [7, 11) is 0. The van der Waals surface area contributed by atoms with Crippen molar-refractivity contribution >= 4 is 29.1 Å². The van der Waals surface area contributed by atoms with Crippen LogP contribution < -0.4 is 4.90 Å². The van der Waals surface area contributed by atoms with Crippen LogP contribution in [0, 0.1) is 29.5 Å². The van der Waals surface area contributed by atoms with Crippen molar-refractivity contribution in [2.75, 3.05) is 4.90 Å². The highest BCUT2D eigenvalue weighted by Crippen LogP contribution is 2.53. The Hall–Kier alpha value is -1.68. The fourth-order valence-corrected chi connectivity index (χ4v) is 3.90. The molecule has 1 aromatic rings. The molecule has 1 aromatic carbocycles. The quantitative estimate of drug-likeness (QED) is 0.589. The molecule has 5 heteroatoms. The van der Waals surface area contributed by atoms with Gasteiger partial charge in [-0.3, -0.25) is 9.59 Å². The van der Waals surface area contributed by atoms with Crippen molar-refractivity contribution in [3.8, 4) is 0 Å². The molecule has 4 atom stereocenters. The Labute approximate surface area is 120 Å². The number of anilines is 1. The van der Waals surface area contributed by atoms with E-state index in [0.717, 1.165) is 17.4 Å². The molecule has 1 heterocycles. The van der Waals surface area contributed by atoms with Crippen LogP contribution in [-0.4, -0.2) is 11.8 Å². The summed E-state index contributed by atoms with van der Waals surface area (Å²) in [6, 6.07) is 4.03. The van der Waals surface area contributed by atoms with Gasteiger partial charge in [-0.25, -0.2) is 9.29 Å². The smallest absolute Gasteiger partial charge is 0.238 e. The van der Waals surface area contributed by atoms with Crippen molar-refractivity contribution in [1.29, 1.82) is 0 Å². The minimum Gasteiger partial charge on any atom is -0.274 e. The molecule has 4 rings (SSSR count). The monoisotopic (exact) mass is 291 g/mol. The molecule has 3 nitrogen and oxygen atoms in total. The maximum Gasteiger partial charge on any atom is 0.238 e. The van der Waals surface area contributed by atoms with E-state index in [-0.39, 0.29) is 46.2 Å². The third-order valence-electron chi connectivity index (χ3n) is 4.63. The van der Waals surface area contributed by atoms with Crippen molar-refractivity contribution < 1.29 is 14.0 Å². The first-order valence-corrected chi connectivity index (χ1v) is 6.97. The highest BCUT2D eigenvalue weighted by molar-refractivity contribution is 6.31. The molecule has 3 aliphatic rings. The molecule has 0 aromatic heterocycles. The zero-order valence-electron chi connectivity index (χ0n) is 10.4. The molecule has 0 unspecified atom stereocenters. The predicted molar refractivity (Wildman–Crippen MR) is 71.6 cm³/mol. The van der Waals surface area contributed by atoms with Crippen LogP contribution in [0.2, 0.25) is 5.02 Å². The molecule has 1 saturated carbocycles. The molecule has 1 aliphatic heterocycles. The zero-order chi connectivity index (χ0) is 14.0. The van der Waals surface area contributed by atoms with Crippen molar-refractivity contribution in [1.82, 2.24) is 0 Å². The molecule has 2 fully saturated rings. The summed E-state index contributed by atoms with van der Waals surface area (Å²) >= 11 is 5.64. The molecule has 0 radical (unpaired) electrons. The minimum absolute atomic E-state index is 0.0187. The van der Waals surface area contributed by atoms with Gasteiger partial charge in [0, 0.05) is 0 Å². The first kappa shape index (κ1) is 12.1. The average Bonchev–Trinajstić information content (AvgIpc) is 3.08. The fourth-order valence-electron chi connectivity index (χ4n) is 3.78. The van der Waals surface area contributed by atoms with Crippen LogP contribution in [0.4, 0.5) is 10.1 Å². The number of hydrogen-bond acceptors (Lipinski definition) is 2. The Balaban J connectivity index is 1.76. The second-order valence-corrected chi connectivity index (χ2v) is 6.02. The summed E-state index contributed by atoms with van der Waals surface area (Å²) in [5.41, 5.74) is 0.274. The highest BCUT2D eigenvalue weighted by Gasteiger charge is 2.59. The number of carbonyl (C=O) groups is 2. The molecule has 20 heavy (non-hydrogen) atoms. The molecule has 102 valence electrons. The molecule has 0 spiro atoms. The van der Waals surface area contributed by atoms with Crippen LogP contribution in [-0.2, 0) is 9.59 Å². The topological polar surface area (TPSA) is 37.4 Å². The van der Waals surface area contributed by atoms with Gasteiger partial charge in [-0.2, -0.15) is 0 Å². The van der Waals surface area contributed by atoms with E-state index < -0.39 is 5.82 Å². The highest BCUT2D eigenvalue weighted by atomic mass is 35.5. The van der Waals surface area contributed by atoms with Gasteiger partial charge in [-0.1, -0.05) is 23.8 Å². The number of nitrogens with zero attached hydrogens (tertiary/aromatic N) is 1. The summed E-state index contributed by atoms with van der Waals surface area (Å²) < 4.78 is 13.5. The molecule has 0 N–H and O–H groups in total. The second kappa shape index (κ2) is 3.92. The van der Waals surface area contributed by atoms with Crippen molar-refractivity contribution in [2.24, 2.45) is 23.7 Å². The van der Waals surface area contributed by atoms with Gasteiger partial charge in [0.25, 0.3) is 0 Å². The van der Waals surface area contributed by atoms with E-state index >= 15 is 0 Å². The van der Waals surface area contributed by atoms with Crippen LogP contribution >= 0.6 is 11.6 Å². The molecule has 2 bridgehead atoms. The fraction of sp³-hybridized carbons (Fsp3) is 0.333. The molecule has 2 aliphatic carbocycles. The molecule has 2 amide bonds. The summed E-state index contributed by atoms with van der Waals surface area (Å²) in [5, 5.41) is -0.0187. The zero-order valence-corrected chi connectivity index (χ0v) is 11.2. The van der Waals surface area contributed by atoms with E-state index in [9.17, 15) is 14.0 Å². The number of fused-ring (bicyclic) bond motifs is 5. The largest absolute Gasteiger partial charge is 0.274 e. The van der Waals surface area contributed by atoms with Gasteiger partial charge in [-0.15, -0.1) is 0 Å². The number of amides is 2. The standard InChI is InChI=1S/C15H11ClFNO2/c16-10-4-3-9(6-11(10)17)18-14(19)12-7-1-2-8(5-7)13(12)15(18)20/h1-4,6-8,12-13H,5H2/t7-,8+,12+,13-. The van der Waals surface area contributed by atoms with Crippen molar-refractivity contribution in [3.63, 3.8) is 0 Å². The first-order valence-electron chi connectivity index (χ1n) is 6.59. The molecular weight excluding hydrogens is 281 g/mol. The Morgan fingerprint density at radius 3 is 2.25 bits per heavy atom. The lowest BCUT2D eigenvalue weighted by Crippen LogP contribution is -2.32. The van der Waals surface area contributed by atoms with Crippen LogP contribution in [0.25, 0.3) is 0 Å². The number of imide groups is 1. The van der Waals surface area contributed by atoms with Crippen LogP contribution in [0.3, 0.4) is 0 Å². The second-order valence-electron chi connectivity index (χ2n) is 5.61. The third kappa shape index (κ3) is 1.40. The van der Waals surface area contributed by atoms with E-state index in [4.69, 9.17) is 11.6 Å². The predicted octanol–water partition coefficient (Wildman–Crippen LogP) is 2.79. The number of carbonyl (C=O) groups excluding carboxylic acids is 2. The maximum atomic E-state index is 13.5. The van der Waals surface area contributed by atoms with Crippen LogP contribution in [0.15, 0.2) is 30.4 Å². The van der Waals surface area contributed by atoms with Crippen molar-refractivity contribution in [3.05, 3.63) is 41.2 Å². The lowest BCUT2D eigenvalue weighted by atomic mass is 9.85. The third-order valence-corrected chi connectivity index (χ3v) is 4.94. The molecular formula is C15H11ClFNO2. The van der Waals surface area contributed by atoms with Gasteiger partial charge >= 0.3 is 0 Å². The number of hydrogen-bond donors (Lipinski definition) is 0. The Morgan fingerprint density at radius 2 is 1.70 bits per heavy atom.